The molecule has 0 radical (unpaired) electrons. The van der Waals surface area contributed by atoms with Gasteiger partial charge in [0.25, 0.3) is 0 Å². The van der Waals surface area contributed by atoms with Gasteiger partial charge in [-0.1, -0.05) is 0 Å². The molecule has 0 amide bonds. The fourth-order valence-electron chi connectivity index (χ4n) is 1.37. The van der Waals surface area contributed by atoms with E-state index in [-0.39, 0.29) is 0 Å². The lowest BCUT2D eigenvalue weighted by molar-refractivity contribution is 0.397. The molecule has 3 N–H and O–H groups in total. The van der Waals surface area contributed by atoms with Crippen LogP contribution >= 0.6 is 0 Å². The summed E-state index contributed by atoms with van der Waals surface area (Å²) in [5.74, 6) is 1.39. The largest absolute Gasteiger partial charge is 0.481 e. The summed E-state index contributed by atoms with van der Waals surface area (Å²) in [6.45, 7) is 0.662. The molecule has 0 aliphatic carbocycles. The minimum Gasteiger partial charge on any atom is -0.481 e. The van der Waals surface area contributed by atoms with Crippen LogP contribution in [0.15, 0.2) is 36.7 Å². The minimum absolute atomic E-state index is 0.606. The van der Waals surface area contributed by atoms with Gasteiger partial charge >= 0.3 is 0 Å². The molecular formula is C12H14N4O. The molecule has 0 saturated carbocycles. The zero-order chi connectivity index (χ0) is 12.1. The van der Waals surface area contributed by atoms with Crippen LogP contribution in [0.1, 0.15) is 5.56 Å². The van der Waals surface area contributed by atoms with E-state index in [0.717, 1.165) is 11.4 Å². The lowest BCUT2D eigenvalue weighted by atomic mass is 10.2. The first-order chi connectivity index (χ1) is 8.28. The predicted molar refractivity (Wildman–Crippen MR) is 66.8 cm³/mol. The van der Waals surface area contributed by atoms with Crippen LogP contribution in [0.5, 0.6) is 5.88 Å². The summed E-state index contributed by atoms with van der Waals surface area (Å²) < 4.78 is 5.05. The van der Waals surface area contributed by atoms with Crippen molar-refractivity contribution in [1.29, 1.82) is 0 Å². The Bertz CT molecular complexity index is 484. The summed E-state index contributed by atoms with van der Waals surface area (Å²) in [7, 11) is 1.60. The van der Waals surface area contributed by atoms with Crippen LogP contribution in [0.2, 0.25) is 0 Å². The summed E-state index contributed by atoms with van der Waals surface area (Å²) in [6, 6.07) is 7.45. The van der Waals surface area contributed by atoms with Crippen molar-refractivity contribution in [3.8, 4) is 5.88 Å². The first kappa shape index (κ1) is 11.2. The van der Waals surface area contributed by atoms with Gasteiger partial charge in [0.05, 0.1) is 19.0 Å². The topological polar surface area (TPSA) is 73.1 Å². The van der Waals surface area contributed by atoms with Crippen molar-refractivity contribution in [2.45, 2.75) is 6.54 Å². The average molecular weight is 230 g/mol. The maximum absolute atomic E-state index is 5.56. The second-order valence-corrected chi connectivity index (χ2v) is 3.54. The van der Waals surface area contributed by atoms with E-state index in [2.05, 4.69) is 15.3 Å². The first-order valence-electron chi connectivity index (χ1n) is 5.22. The van der Waals surface area contributed by atoms with Crippen LogP contribution in [0, 0.1) is 0 Å². The van der Waals surface area contributed by atoms with Crippen molar-refractivity contribution >= 4 is 11.5 Å². The normalized spacial score (nSPS) is 9.94. The number of nitrogens with one attached hydrogen (secondary N) is 1. The number of rotatable bonds is 4. The number of anilines is 2. The highest BCUT2D eigenvalue weighted by Crippen LogP contribution is 2.11. The lowest BCUT2D eigenvalue weighted by Crippen LogP contribution is -2.02. The quantitative estimate of drug-likeness (QED) is 0.836. The standard InChI is InChI=1S/C12H14N4O/c1-17-12-6-9(4-5-14-12)7-15-11-3-2-10(13)8-16-11/h2-6,8H,7,13H2,1H3,(H,15,16). The highest BCUT2D eigenvalue weighted by molar-refractivity contribution is 5.44. The molecule has 0 aliphatic heterocycles. The molecule has 2 heterocycles. The third kappa shape index (κ3) is 3.07. The first-order valence-corrected chi connectivity index (χ1v) is 5.22. The number of pyridine rings is 2. The number of hydrogen-bond acceptors (Lipinski definition) is 5. The van der Waals surface area contributed by atoms with Crippen LogP contribution in [-0.4, -0.2) is 17.1 Å². The highest BCUT2D eigenvalue weighted by Gasteiger charge is 1.98. The van der Waals surface area contributed by atoms with Crippen molar-refractivity contribution in [3.63, 3.8) is 0 Å². The summed E-state index contributed by atoms with van der Waals surface area (Å²) in [6.07, 6.45) is 3.34. The van der Waals surface area contributed by atoms with Gasteiger partial charge in [0.15, 0.2) is 0 Å². The Hall–Kier alpha value is -2.30. The van der Waals surface area contributed by atoms with Crippen molar-refractivity contribution in [2.75, 3.05) is 18.2 Å². The molecule has 0 spiro atoms. The van der Waals surface area contributed by atoms with Gasteiger partial charge in [0, 0.05) is 18.8 Å². The summed E-state index contributed by atoms with van der Waals surface area (Å²) >= 11 is 0. The van der Waals surface area contributed by atoms with Crippen molar-refractivity contribution < 1.29 is 4.74 Å². The lowest BCUT2D eigenvalue weighted by Gasteiger charge is -2.06. The van der Waals surface area contributed by atoms with Gasteiger partial charge in [-0.2, -0.15) is 0 Å². The molecule has 0 atom stereocenters. The highest BCUT2D eigenvalue weighted by atomic mass is 16.5. The number of hydrogen-bond donors (Lipinski definition) is 2. The van der Waals surface area contributed by atoms with Crippen molar-refractivity contribution in [1.82, 2.24) is 9.97 Å². The SMILES string of the molecule is COc1cc(CNc2ccc(N)cn2)ccn1. The van der Waals surface area contributed by atoms with Gasteiger partial charge in [0.2, 0.25) is 5.88 Å². The zero-order valence-corrected chi connectivity index (χ0v) is 9.55. The van der Waals surface area contributed by atoms with Gasteiger partial charge in [0.1, 0.15) is 5.82 Å². The number of methoxy groups -OCH3 is 1. The summed E-state index contributed by atoms with van der Waals surface area (Å²) in [5.41, 5.74) is 7.29. The van der Waals surface area contributed by atoms with E-state index >= 15 is 0 Å². The average Bonchev–Trinajstić information content (AvgIpc) is 2.38. The number of nitrogen functional groups attached to an aromatic ring is 1. The molecular weight excluding hydrogens is 216 g/mol. The molecule has 0 unspecified atom stereocenters. The Morgan fingerprint density at radius 1 is 1.29 bits per heavy atom. The van der Waals surface area contributed by atoms with E-state index in [1.807, 2.05) is 24.3 Å². The third-order valence-electron chi connectivity index (χ3n) is 2.27. The molecule has 0 bridgehead atoms. The Morgan fingerprint density at radius 3 is 2.88 bits per heavy atom. The molecule has 0 fully saturated rings. The van der Waals surface area contributed by atoms with E-state index in [0.29, 0.717) is 18.1 Å². The second kappa shape index (κ2) is 5.16. The maximum Gasteiger partial charge on any atom is 0.213 e. The van der Waals surface area contributed by atoms with Crippen LogP contribution in [0.25, 0.3) is 0 Å². The minimum atomic E-state index is 0.606. The molecule has 5 heteroatoms. The molecule has 0 aromatic carbocycles. The predicted octanol–water partition coefficient (Wildman–Crippen LogP) is 1.68. The van der Waals surface area contributed by atoms with Crippen LogP contribution in [0.4, 0.5) is 11.5 Å². The van der Waals surface area contributed by atoms with Crippen LogP contribution < -0.4 is 15.8 Å². The Labute approximate surface area is 99.7 Å². The molecule has 88 valence electrons. The maximum atomic E-state index is 5.56. The Balaban J connectivity index is 1.99. The van der Waals surface area contributed by atoms with Gasteiger partial charge in [-0.25, -0.2) is 9.97 Å². The van der Waals surface area contributed by atoms with Gasteiger partial charge in [-0.15, -0.1) is 0 Å². The fraction of sp³-hybridized carbons (Fsp3) is 0.167. The van der Waals surface area contributed by atoms with Crippen LogP contribution in [-0.2, 0) is 6.54 Å². The van der Waals surface area contributed by atoms with E-state index in [9.17, 15) is 0 Å². The van der Waals surface area contributed by atoms with Crippen molar-refractivity contribution in [2.24, 2.45) is 0 Å². The van der Waals surface area contributed by atoms with Gasteiger partial charge in [-0.05, 0) is 23.8 Å². The third-order valence-corrected chi connectivity index (χ3v) is 2.27. The monoisotopic (exact) mass is 230 g/mol. The summed E-state index contributed by atoms with van der Waals surface area (Å²) in [4.78, 5) is 8.20. The van der Waals surface area contributed by atoms with E-state index in [1.165, 1.54) is 0 Å². The number of nitrogens with two attached hydrogens (primary N) is 1. The van der Waals surface area contributed by atoms with E-state index < -0.39 is 0 Å². The van der Waals surface area contributed by atoms with Gasteiger partial charge < -0.3 is 15.8 Å². The van der Waals surface area contributed by atoms with Crippen molar-refractivity contribution in [3.05, 3.63) is 42.2 Å². The van der Waals surface area contributed by atoms with E-state index in [1.54, 1.807) is 19.5 Å². The van der Waals surface area contributed by atoms with E-state index in [4.69, 9.17) is 10.5 Å². The number of ether oxygens (including phenoxy) is 1. The van der Waals surface area contributed by atoms with Gasteiger partial charge in [-0.3, -0.25) is 0 Å². The number of nitrogens with zero attached hydrogens (tertiary/aromatic N) is 2. The molecule has 2 rings (SSSR count). The zero-order valence-electron chi connectivity index (χ0n) is 9.55. The molecule has 0 aliphatic rings. The molecule has 2 aromatic rings. The van der Waals surface area contributed by atoms with Crippen LogP contribution in [0.3, 0.4) is 0 Å². The molecule has 2 aromatic heterocycles. The number of aromatic nitrogens is 2. The molecule has 17 heavy (non-hydrogen) atoms. The fourth-order valence-corrected chi connectivity index (χ4v) is 1.37. The second-order valence-electron chi connectivity index (χ2n) is 3.54. The summed E-state index contributed by atoms with van der Waals surface area (Å²) in [5, 5.41) is 3.19. The Morgan fingerprint density at radius 2 is 2.18 bits per heavy atom. The smallest absolute Gasteiger partial charge is 0.213 e. The molecule has 0 saturated heterocycles. The molecule has 5 nitrogen and oxygen atoms in total. The Kier molecular flexibility index (Phi) is 3.40.